The highest BCUT2D eigenvalue weighted by molar-refractivity contribution is 7.14. The minimum atomic E-state index is -0.881. The molecule has 0 saturated heterocycles. The van der Waals surface area contributed by atoms with E-state index in [1.165, 1.54) is 11.3 Å². The fourth-order valence-electron chi connectivity index (χ4n) is 1.75. The zero-order chi connectivity index (χ0) is 14.4. The summed E-state index contributed by atoms with van der Waals surface area (Å²) in [5.41, 5.74) is 2.08. The van der Waals surface area contributed by atoms with Gasteiger partial charge >= 0.3 is 5.97 Å². The van der Waals surface area contributed by atoms with Crippen molar-refractivity contribution in [2.45, 2.75) is 13.5 Å². The van der Waals surface area contributed by atoms with Gasteiger partial charge in [-0.1, -0.05) is 42.5 Å². The Hall–Kier alpha value is -1.91. The SMILES string of the molecule is Cc1sc(C(=O)O)cc1COC/C=C/c1ccccc1. The molecule has 1 N–H and O–H groups in total. The van der Waals surface area contributed by atoms with E-state index in [-0.39, 0.29) is 0 Å². The normalized spacial score (nSPS) is 11.1. The number of benzene rings is 1. The second kappa shape index (κ2) is 7.03. The number of carboxylic acid groups (broad SMARTS) is 1. The Balaban J connectivity index is 1.81. The van der Waals surface area contributed by atoms with E-state index in [9.17, 15) is 4.79 Å². The second-order valence-corrected chi connectivity index (χ2v) is 5.58. The van der Waals surface area contributed by atoms with Gasteiger partial charge in [0.1, 0.15) is 4.88 Å². The fraction of sp³-hybridized carbons (Fsp3) is 0.188. The van der Waals surface area contributed by atoms with Crippen molar-refractivity contribution in [2.75, 3.05) is 6.61 Å². The Kier molecular flexibility index (Phi) is 5.09. The first kappa shape index (κ1) is 14.5. The van der Waals surface area contributed by atoms with Crippen LogP contribution in [0.5, 0.6) is 0 Å². The molecule has 2 rings (SSSR count). The zero-order valence-corrected chi connectivity index (χ0v) is 12.0. The third-order valence-electron chi connectivity index (χ3n) is 2.81. The summed E-state index contributed by atoms with van der Waals surface area (Å²) < 4.78 is 5.54. The van der Waals surface area contributed by atoms with E-state index in [4.69, 9.17) is 9.84 Å². The van der Waals surface area contributed by atoms with Gasteiger partial charge in [-0.25, -0.2) is 4.79 Å². The van der Waals surface area contributed by atoms with E-state index in [2.05, 4.69) is 0 Å². The molecule has 0 unspecified atom stereocenters. The smallest absolute Gasteiger partial charge is 0.345 e. The third-order valence-corrected chi connectivity index (χ3v) is 3.89. The van der Waals surface area contributed by atoms with Gasteiger partial charge in [0.25, 0.3) is 0 Å². The second-order valence-electron chi connectivity index (χ2n) is 4.33. The molecule has 0 spiro atoms. The Morgan fingerprint density at radius 2 is 2.10 bits per heavy atom. The average Bonchev–Trinajstić information content (AvgIpc) is 2.81. The van der Waals surface area contributed by atoms with Crippen LogP contribution in [0.15, 0.2) is 42.5 Å². The maximum atomic E-state index is 10.9. The lowest BCUT2D eigenvalue weighted by molar-refractivity contribution is 0.0702. The Morgan fingerprint density at radius 1 is 1.35 bits per heavy atom. The van der Waals surface area contributed by atoms with Crippen LogP contribution in [0.25, 0.3) is 6.08 Å². The number of rotatable bonds is 6. The quantitative estimate of drug-likeness (QED) is 0.818. The van der Waals surface area contributed by atoms with Gasteiger partial charge < -0.3 is 9.84 Å². The zero-order valence-electron chi connectivity index (χ0n) is 11.2. The molecule has 0 bridgehead atoms. The summed E-state index contributed by atoms with van der Waals surface area (Å²) in [6.07, 6.45) is 3.96. The maximum Gasteiger partial charge on any atom is 0.345 e. The molecule has 0 aliphatic rings. The number of thiophene rings is 1. The number of aryl methyl sites for hydroxylation is 1. The first-order valence-corrected chi connectivity index (χ1v) is 7.10. The summed E-state index contributed by atoms with van der Waals surface area (Å²) >= 11 is 1.29. The molecule has 1 aromatic carbocycles. The highest BCUT2D eigenvalue weighted by Gasteiger charge is 2.10. The minimum Gasteiger partial charge on any atom is -0.477 e. The van der Waals surface area contributed by atoms with Crippen molar-refractivity contribution in [3.63, 3.8) is 0 Å². The standard InChI is InChI=1S/C16H16O3S/c1-12-14(10-15(20-12)16(17)18)11-19-9-5-8-13-6-3-2-4-7-13/h2-8,10H,9,11H2,1H3,(H,17,18)/b8-5+. The van der Waals surface area contributed by atoms with Gasteiger partial charge in [-0.15, -0.1) is 11.3 Å². The first-order chi connectivity index (χ1) is 9.66. The summed E-state index contributed by atoms with van der Waals surface area (Å²) in [6.45, 7) is 2.86. The molecule has 1 aromatic heterocycles. The predicted molar refractivity (Wildman–Crippen MR) is 81.1 cm³/mol. The molecule has 0 saturated carbocycles. The van der Waals surface area contributed by atoms with Crippen molar-refractivity contribution in [3.05, 3.63) is 63.4 Å². The first-order valence-electron chi connectivity index (χ1n) is 6.29. The lowest BCUT2D eigenvalue weighted by atomic mass is 10.2. The molecule has 2 aromatic rings. The molecule has 0 aliphatic heterocycles. The van der Waals surface area contributed by atoms with Crippen molar-refractivity contribution in [2.24, 2.45) is 0 Å². The summed E-state index contributed by atoms with van der Waals surface area (Å²) in [4.78, 5) is 12.2. The molecular weight excluding hydrogens is 272 g/mol. The number of hydrogen-bond donors (Lipinski definition) is 1. The molecule has 0 amide bonds. The molecule has 0 radical (unpaired) electrons. The van der Waals surface area contributed by atoms with Crippen LogP contribution in [0, 0.1) is 6.92 Å². The number of hydrogen-bond acceptors (Lipinski definition) is 3. The van der Waals surface area contributed by atoms with Gasteiger partial charge in [-0.2, -0.15) is 0 Å². The van der Waals surface area contributed by atoms with Crippen LogP contribution in [0.2, 0.25) is 0 Å². The number of carboxylic acids is 1. The summed E-state index contributed by atoms with van der Waals surface area (Å²) in [7, 11) is 0. The van der Waals surface area contributed by atoms with E-state index < -0.39 is 5.97 Å². The van der Waals surface area contributed by atoms with Crippen molar-refractivity contribution in [1.29, 1.82) is 0 Å². The molecule has 4 heteroatoms. The highest BCUT2D eigenvalue weighted by atomic mass is 32.1. The van der Waals surface area contributed by atoms with Gasteiger partial charge in [-0.05, 0) is 24.1 Å². The molecular formula is C16H16O3S. The van der Waals surface area contributed by atoms with Crippen LogP contribution in [0.4, 0.5) is 0 Å². The van der Waals surface area contributed by atoms with Crippen molar-refractivity contribution in [1.82, 2.24) is 0 Å². The van der Waals surface area contributed by atoms with E-state index in [0.717, 1.165) is 16.0 Å². The lowest BCUT2D eigenvalue weighted by Crippen LogP contribution is -1.94. The Bertz CT molecular complexity index is 599. The Morgan fingerprint density at radius 3 is 2.75 bits per heavy atom. The van der Waals surface area contributed by atoms with Crippen LogP contribution in [-0.2, 0) is 11.3 Å². The average molecular weight is 288 g/mol. The van der Waals surface area contributed by atoms with Gasteiger partial charge in [0.2, 0.25) is 0 Å². The van der Waals surface area contributed by atoms with E-state index in [1.54, 1.807) is 6.07 Å². The van der Waals surface area contributed by atoms with Crippen LogP contribution < -0.4 is 0 Å². The molecule has 3 nitrogen and oxygen atoms in total. The molecule has 104 valence electrons. The monoisotopic (exact) mass is 288 g/mol. The van der Waals surface area contributed by atoms with Gasteiger partial charge in [-0.3, -0.25) is 0 Å². The van der Waals surface area contributed by atoms with Gasteiger partial charge in [0.05, 0.1) is 13.2 Å². The molecule has 0 aliphatic carbocycles. The van der Waals surface area contributed by atoms with Crippen LogP contribution in [0.1, 0.15) is 25.7 Å². The third kappa shape index (κ3) is 4.05. The number of ether oxygens (including phenoxy) is 1. The van der Waals surface area contributed by atoms with Gasteiger partial charge in [0, 0.05) is 4.88 Å². The molecule has 20 heavy (non-hydrogen) atoms. The van der Waals surface area contributed by atoms with Crippen molar-refractivity contribution in [3.8, 4) is 0 Å². The van der Waals surface area contributed by atoms with E-state index in [1.807, 2.05) is 49.4 Å². The fourth-order valence-corrected chi connectivity index (χ4v) is 2.62. The summed E-state index contributed by atoms with van der Waals surface area (Å²) in [5.74, 6) is -0.881. The molecule has 0 fully saturated rings. The highest BCUT2D eigenvalue weighted by Crippen LogP contribution is 2.22. The number of carbonyl (C=O) groups is 1. The lowest BCUT2D eigenvalue weighted by Gasteiger charge is -2.00. The maximum absolute atomic E-state index is 10.9. The Labute approximate surface area is 122 Å². The van der Waals surface area contributed by atoms with Crippen LogP contribution in [0.3, 0.4) is 0 Å². The summed E-state index contributed by atoms with van der Waals surface area (Å²) in [6, 6.07) is 11.7. The van der Waals surface area contributed by atoms with E-state index in [0.29, 0.717) is 18.1 Å². The number of aromatic carboxylic acids is 1. The van der Waals surface area contributed by atoms with Crippen LogP contribution >= 0.6 is 11.3 Å². The predicted octanol–water partition coefficient (Wildman–Crippen LogP) is 3.98. The summed E-state index contributed by atoms with van der Waals surface area (Å²) in [5, 5.41) is 8.92. The molecule has 0 atom stereocenters. The van der Waals surface area contributed by atoms with Crippen LogP contribution in [-0.4, -0.2) is 17.7 Å². The van der Waals surface area contributed by atoms with Gasteiger partial charge in [0.15, 0.2) is 0 Å². The molecule has 1 heterocycles. The largest absolute Gasteiger partial charge is 0.477 e. The van der Waals surface area contributed by atoms with Crippen molar-refractivity contribution < 1.29 is 14.6 Å². The van der Waals surface area contributed by atoms with Crippen molar-refractivity contribution >= 4 is 23.4 Å². The van der Waals surface area contributed by atoms with E-state index >= 15 is 0 Å². The topological polar surface area (TPSA) is 46.5 Å². The minimum absolute atomic E-state index is 0.362.